The normalized spacial score (nSPS) is 12.2. The van der Waals surface area contributed by atoms with Crippen molar-refractivity contribution in [3.05, 3.63) is 63.6 Å². The first kappa shape index (κ1) is 15.1. The van der Waals surface area contributed by atoms with E-state index in [2.05, 4.69) is 15.9 Å². The molecule has 1 unspecified atom stereocenters. The SMILES string of the molecule is Cc1ccc(C)c(C(=O)CS(=O)c2ccccc2Br)c1. The second-order valence-electron chi connectivity index (χ2n) is 4.66. The maximum atomic E-state index is 12.3. The number of rotatable bonds is 4. The predicted molar refractivity (Wildman–Crippen MR) is 85.7 cm³/mol. The minimum Gasteiger partial charge on any atom is -0.293 e. The molecule has 0 fully saturated rings. The zero-order valence-electron chi connectivity index (χ0n) is 11.4. The minimum absolute atomic E-state index is 0.00685. The lowest BCUT2D eigenvalue weighted by atomic mass is 10.0. The molecule has 0 spiro atoms. The van der Waals surface area contributed by atoms with Crippen LogP contribution in [-0.2, 0) is 10.8 Å². The van der Waals surface area contributed by atoms with Crippen molar-refractivity contribution in [2.45, 2.75) is 18.7 Å². The Labute approximate surface area is 129 Å². The van der Waals surface area contributed by atoms with Crippen LogP contribution in [0.15, 0.2) is 51.8 Å². The van der Waals surface area contributed by atoms with Crippen LogP contribution in [-0.4, -0.2) is 15.7 Å². The molecular formula is C16H15BrO2S. The number of carbonyl (C=O) groups is 1. The Morgan fingerprint density at radius 2 is 1.85 bits per heavy atom. The van der Waals surface area contributed by atoms with Gasteiger partial charge in [0.05, 0.1) is 21.4 Å². The molecule has 4 heteroatoms. The Balaban J connectivity index is 2.22. The standard InChI is InChI=1S/C16H15BrO2S/c1-11-7-8-12(2)13(9-11)15(18)10-20(19)16-6-4-3-5-14(16)17/h3-9H,10H2,1-2H3. The molecule has 20 heavy (non-hydrogen) atoms. The van der Waals surface area contributed by atoms with Crippen LogP contribution in [0.4, 0.5) is 0 Å². The van der Waals surface area contributed by atoms with E-state index >= 15 is 0 Å². The summed E-state index contributed by atoms with van der Waals surface area (Å²) in [6.45, 7) is 3.84. The van der Waals surface area contributed by atoms with Crippen molar-refractivity contribution in [3.8, 4) is 0 Å². The van der Waals surface area contributed by atoms with Gasteiger partial charge in [0.1, 0.15) is 0 Å². The summed E-state index contributed by atoms with van der Waals surface area (Å²) in [4.78, 5) is 13.0. The molecule has 0 saturated carbocycles. The molecule has 0 aliphatic rings. The van der Waals surface area contributed by atoms with Gasteiger partial charge in [0, 0.05) is 10.0 Å². The molecule has 104 valence electrons. The quantitative estimate of drug-likeness (QED) is 0.779. The minimum atomic E-state index is -1.34. The van der Waals surface area contributed by atoms with E-state index in [0.717, 1.165) is 15.6 Å². The summed E-state index contributed by atoms with van der Waals surface area (Å²) in [5.41, 5.74) is 2.61. The van der Waals surface area contributed by atoms with Crippen molar-refractivity contribution in [1.29, 1.82) is 0 Å². The number of hydrogen-bond acceptors (Lipinski definition) is 2. The highest BCUT2D eigenvalue weighted by molar-refractivity contribution is 9.10. The van der Waals surface area contributed by atoms with Gasteiger partial charge in [-0.1, -0.05) is 29.8 Å². The van der Waals surface area contributed by atoms with Crippen LogP contribution in [0.1, 0.15) is 21.5 Å². The number of aryl methyl sites for hydroxylation is 2. The van der Waals surface area contributed by atoms with E-state index < -0.39 is 10.8 Å². The van der Waals surface area contributed by atoms with Gasteiger partial charge in [-0.25, -0.2) is 0 Å². The van der Waals surface area contributed by atoms with Crippen LogP contribution in [0.3, 0.4) is 0 Å². The second-order valence-corrected chi connectivity index (χ2v) is 6.94. The third-order valence-corrected chi connectivity index (χ3v) is 5.36. The Kier molecular flexibility index (Phi) is 4.89. The first-order valence-electron chi connectivity index (χ1n) is 6.22. The summed E-state index contributed by atoms with van der Waals surface area (Å²) in [5, 5.41) is 0. The van der Waals surface area contributed by atoms with Crippen molar-refractivity contribution < 1.29 is 9.00 Å². The van der Waals surface area contributed by atoms with E-state index in [0.29, 0.717) is 10.5 Å². The van der Waals surface area contributed by atoms with E-state index in [1.54, 1.807) is 6.07 Å². The van der Waals surface area contributed by atoms with Crippen LogP contribution in [0.2, 0.25) is 0 Å². The molecular weight excluding hydrogens is 336 g/mol. The number of ketones is 1. The van der Waals surface area contributed by atoms with Crippen LogP contribution < -0.4 is 0 Å². The van der Waals surface area contributed by atoms with Crippen molar-refractivity contribution >= 4 is 32.5 Å². The molecule has 0 saturated heterocycles. The van der Waals surface area contributed by atoms with Crippen LogP contribution >= 0.6 is 15.9 Å². The Hall–Kier alpha value is -1.26. The fourth-order valence-corrected chi connectivity index (χ4v) is 3.83. The van der Waals surface area contributed by atoms with Crippen LogP contribution in [0, 0.1) is 13.8 Å². The average molecular weight is 351 g/mol. The fourth-order valence-electron chi connectivity index (χ4n) is 1.94. The highest BCUT2D eigenvalue weighted by Gasteiger charge is 2.16. The lowest BCUT2D eigenvalue weighted by molar-refractivity contribution is 0.102. The molecule has 0 N–H and O–H groups in total. The highest BCUT2D eigenvalue weighted by Crippen LogP contribution is 2.21. The van der Waals surface area contributed by atoms with Gasteiger partial charge in [-0.3, -0.25) is 9.00 Å². The molecule has 2 rings (SSSR count). The van der Waals surface area contributed by atoms with Gasteiger partial charge in [0.15, 0.2) is 5.78 Å². The van der Waals surface area contributed by atoms with Gasteiger partial charge in [-0.15, -0.1) is 0 Å². The summed E-state index contributed by atoms with van der Waals surface area (Å²) >= 11 is 3.36. The molecule has 1 atom stereocenters. The summed E-state index contributed by atoms with van der Waals surface area (Å²) in [5.74, 6) is -0.0762. The number of hydrogen-bond donors (Lipinski definition) is 0. The van der Waals surface area contributed by atoms with E-state index in [4.69, 9.17) is 0 Å². The van der Waals surface area contributed by atoms with Crippen molar-refractivity contribution in [2.75, 3.05) is 5.75 Å². The predicted octanol–water partition coefficient (Wildman–Crippen LogP) is 4.06. The number of carbonyl (C=O) groups excluding carboxylic acids is 1. The molecule has 0 bridgehead atoms. The zero-order valence-corrected chi connectivity index (χ0v) is 13.8. The molecule has 0 heterocycles. The lowest BCUT2D eigenvalue weighted by Gasteiger charge is -2.07. The molecule has 0 aliphatic heterocycles. The monoisotopic (exact) mass is 350 g/mol. The Morgan fingerprint density at radius 3 is 2.55 bits per heavy atom. The number of benzene rings is 2. The third-order valence-electron chi connectivity index (χ3n) is 3.04. The largest absolute Gasteiger partial charge is 0.293 e. The molecule has 0 aromatic heterocycles. The van der Waals surface area contributed by atoms with E-state index in [1.165, 1.54) is 0 Å². The Bertz CT molecular complexity index is 680. The maximum absolute atomic E-state index is 12.3. The smallest absolute Gasteiger partial charge is 0.175 e. The number of Topliss-reactive ketones (excluding diaryl/α,β-unsaturated/α-hetero) is 1. The first-order chi connectivity index (χ1) is 9.49. The average Bonchev–Trinajstić information content (AvgIpc) is 2.41. The summed E-state index contributed by atoms with van der Waals surface area (Å²) in [6.07, 6.45) is 0. The van der Waals surface area contributed by atoms with E-state index in [1.807, 2.05) is 50.2 Å². The van der Waals surface area contributed by atoms with E-state index in [-0.39, 0.29) is 11.5 Å². The lowest BCUT2D eigenvalue weighted by Crippen LogP contribution is -2.13. The molecule has 2 aromatic rings. The van der Waals surface area contributed by atoms with Crippen molar-refractivity contribution in [1.82, 2.24) is 0 Å². The maximum Gasteiger partial charge on any atom is 0.175 e. The third kappa shape index (κ3) is 3.44. The highest BCUT2D eigenvalue weighted by atomic mass is 79.9. The van der Waals surface area contributed by atoms with Gasteiger partial charge in [-0.05, 0) is 53.5 Å². The first-order valence-corrected chi connectivity index (χ1v) is 8.33. The molecule has 0 amide bonds. The van der Waals surface area contributed by atoms with E-state index in [9.17, 15) is 9.00 Å². The van der Waals surface area contributed by atoms with Gasteiger partial charge < -0.3 is 0 Å². The topological polar surface area (TPSA) is 34.1 Å². The Morgan fingerprint density at radius 1 is 1.15 bits per heavy atom. The van der Waals surface area contributed by atoms with Crippen LogP contribution in [0.25, 0.3) is 0 Å². The molecule has 0 aliphatic carbocycles. The fraction of sp³-hybridized carbons (Fsp3) is 0.188. The summed E-state index contributed by atoms with van der Waals surface area (Å²) in [7, 11) is -1.34. The zero-order chi connectivity index (χ0) is 14.7. The molecule has 2 nitrogen and oxygen atoms in total. The summed E-state index contributed by atoms with van der Waals surface area (Å²) in [6, 6.07) is 13.0. The summed E-state index contributed by atoms with van der Waals surface area (Å²) < 4.78 is 13.1. The van der Waals surface area contributed by atoms with Gasteiger partial charge in [-0.2, -0.15) is 0 Å². The molecule has 0 radical (unpaired) electrons. The molecule has 2 aromatic carbocycles. The second kappa shape index (κ2) is 6.46. The van der Waals surface area contributed by atoms with Gasteiger partial charge >= 0.3 is 0 Å². The van der Waals surface area contributed by atoms with Crippen molar-refractivity contribution in [3.63, 3.8) is 0 Å². The van der Waals surface area contributed by atoms with Crippen molar-refractivity contribution in [2.24, 2.45) is 0 Å². The van der Waals surface area contributed by atoms with Crippen LogP contribution in [0.5, 0.6) is 0 Å². The number of halogens is 1. The van der Waals surface area contributed by atoms with Gasteiger partial charge in [0.2, 0.25) is 0 Å². The van der Waals surface area contributed by atoms with Gasteiger partial charge in [0.25, 0.3) is 0 Å².